The van der Waals surface area contributed by atoms with Crippen LogP contribution in [0, 0.1) is 0 Å². The number of benzene rings is 2. The van der Waals surface area contributed by atoms with Crippen molar-refractivity contribution in [3.8, 4) is 21.1 Å². The quantitative estimate of drug-likeness (QED) is 0.198. The number of halogens is 2. The maximum absolute atomic E-state index is 13.9. The van der Waals surface area contributed by atoms with Gasteiger partial charge in [-0.25, -0.2) is 9.97 Å². The summed E-state index contributed by atoms with van der Waals surface area (Å²) in [6.07, 6.45) is 0. The smallest absolute Gasteiger partial charge is 0.254 e. The van der Waals surface area contributed by atoms with Crippen molar-refractivity contribution in [3.05, 3.63) is 105 Å². The molecule has 42 heavy (non-hydrogen) atoms. The van der Waals surface area contributed by atoms with E-state index in [2.05, 4.69) is 0 Å². The maximum Gasteiger partial charge on any atom is 0.254 e. The van der Waals surface area contributed by atoms with Crippen LogP contribution in [0.1, 0.15) is 20.7 Å². The summed E-state index contributed by atoms with van der Waals surface area (Å²) in [5.74, 6) is -0.147. The number of para-hydroxylation sites is 2. The van der Waals surface area contributed by atoms with E-state index in [0.29, 0.717) is 46.0 Å². The van der Waals surface area contributed by atoms with Gasteiger partial charge in [-0.1, -0.05) is 59.6 Å². The van der Waals surface area contributed by atoms with Crippen LogP contribution in [-0.2, 0) is 0 Å². The number of fused-ring (bicyclic) bond motifs is 2. The Morgan fingerprint density at radius 3 is 1.38 bits per heavy atom. The standard InChI is InChI=1S/C32H22Cl2N4O2S2/c33-29-11-9-27(41-29)25-17-21(19-5-1-3-7-23(19)35-25)31(39)37-13-15-38(16-14-37)32(40)22-18-26(28-10-12-30(34)42-28)36-24-8-4-2-6-20(22)24/h1-12,17-18H,13-16H2. The number of pyridine rings is 2. The normalized spacial score (nSPS) is 13.7. The lowest BCUT2D eigenvalue weighted by Crippen LogP contribution is -2.50. The zero-order valence-electron chi connectivity index (χ0n) is 22.1. The number of hydrogen-bond donors (Lipinski definition) is 0. The number of carbonyl (C=O) groups is 2. The third kappa shape index (κ3) is 5.05. The molecule has 6 aromatic rings. The van der Waals surface area contributed by atoms with E-state index in [0.717, 1.165) is 42.9 Å². The van der Waals surface area contributed by atoms with Crippen LogP contribution in [0.15, 0.2) is 84.9 Å². The number of rotatable bonds is 4. The topological polar surface area (TPSA) is 66.4 Å². The van der Waals surface area contributed by atoms with E-state index in [1.807, 2.05) is 94.7 Å². The van der Waals surface area contributed by atoms with Crippen molar-refractivity contribution in [2.75, 3.05) is 26.2 Å². The molecule has 0 bridgehead atoms. The van der Waals surface area contributed by atoms with E-state index in [-0.39, 0.29) is 11.8 Å². The summed E-state index contributed by atoms with van der Waals surface area (Å²) in [5.41, 5.74) is 4.14. The fourth-order valence-electron chi connectivity index (χ4n) is 5.31. The minimum atomic E-state index is -0.0733. The van der Waals surface area contributed by atoms with Gasteiger partial charge in [0.05, 0.1) is 52.0 Å². The Balaban J connectivity index is 1.15. The molecule has 2 aromatic carbocycles. The predicted molar refractivity (Wildman–Crippen MR) is 172 cm³/mol. The van der Waals surface area contributed by atoms with Crippen molar-refractivity contribution >= 4 is 79.5 Å². The van der Waals surface area contributed by atoms with E-state index >= 15 is 0 Å². The first-order chi connectivity index (χ1) is 20.4. The SMILES string of the molecule is O=C(c1cc(-c2ccc(Cl)s2)nc2ccccc12)N1CCN(C(=O)c2cc(-c3ccc(Cl)s3)nc3ccccc23)CC1. The molecule has 0 saturated carbocycles. The summed E-state index contributed by atoms with van der Waals surface area (Å²) < 4.78 is 1.34. The predicted octanol–water partition coefficient (Wildman–Crippen LogP) is 8.15. The van der Waals surface area contributed by atoms with Gasteiger partial charge in [-0.05, 0) is 48.5 Å². The Morgan fingerprint density at radius 1 is 0.595 bits per heavy atom. The second kappa shape index (κ2) is 11.1. The van der Waals surface area contributed by atoms with Gasteiger partial charge in [0.1, 0.15) is 0 Å². The number of aromatic nitrogens is 2. The summed E-state index contributed by atoms with van der Waals surface area (Å²) in [6, 6.07) is 26.6. The van der Waals surface area contributed by atoms with E-state index in [1.165, 1.54) is 22.7 Å². The second-order valence-electron chi connectivity index (χ2n) is 9.94. The molecule has 4 aromatic heterocycles. The van der Waals surface area contributed by atoms with E-state index in [4.69, 9.17) is 33.2 Å². The highest BCUT2D eigenvalue weighted by molar-refractivity contribution is 7.19. The molecule has 0 unspecified atom stereocenters. The maximum atomic E-state index is 13.9. The summed E-state index contributed by atoms with van der Waals surface area (Å²) in [5, 5.41) is 1.61. The lowest BCUT2D eigenvalue weighted by atomic mass is 10.0. The summed E-state index contributed by atoms with van der Waals surface area (Å²) in [6.45, 7) is 1.71. The van der Waals surface area contributed by atoms with Gasteiger partial charge in [-0.2, -0.15) is 0 Å². The fourth-order valence-corrected chi connectivity index (χ4v) is 7.32. The van der Waals surface area contributed by atoms with Crippen molar-refractivity contribution in [1.29, 1.82) is 0 Å². The second-order valence-corrected chi connectivity index (χ2v) is 13.4. The average Bonchev–Trinajstić information content (AvgIpc) is 3.67. The van der Waals surface area contributed by atoms with E-state index in [1.54, 1.807) is 0 Å². The third-order valence-electron chi connectivity index (χ3n) is 7.40. The summed E-state index contributed by atoms with van der Waals surface area (Å²) in [7, 11) is 0. The van der Waals surface area contributed by atoms with Crippen LogP contribution < -0.4 is 0 Å². The zero-order valence-corrected chi connectivity index (χ0v) is 25.2. The molecular weight excluding hydrogens is 607 g/mol. The molecule has 6 nitrogen and oxygen atoms in total. The van der Waals surface area contributed by atoms with Crippen molar-refractivity contribution in [1.82, 2.24) is 19.8 Å². The Hall–Kier alpha value is -3.82. The summed E-state index contributed by atoms with van der Waals surface area (Å²) >= 11 is 15.2. The zero-order chi connectivity index (χ0) is 28.8. The van der Waals surface area contributed by atoms with Crippen molar-refractivity contribution < 1.29 is 9.59 Å². The molecular formula is C32H22Cl2N4O2S2. The molecule has 208 valence electrons. The molecule has 1 aliphatic rings. The number of hydrogen-bond acceptors (Lipinski definition) is 6. The summed E-state index contributed by atoms with van der Waals surface area (Å²) in [4.78, 5) is 42.8. The molecule has 0 aliphatic carbocycles. The number of carbonyl (C=O) groups excluding carboxylic acids is 2. The third-order valence-corrected chi connectivity index (χ3v) is 9.91. The van der Waals surface area contributed by atoms with Crippen LogP contribution in [0.2, 0.25) is 8.67 Å². The lowest BCUT2D eigenvalue weighted by molar-refractivity contribution is 0.0537. The van der Waals surface area contributed by atoms with Crippen molar-refractivity contribution in [2.24, 2.45) is 0 Å². The van der Waals surface area contributed by atoms with Crippen LogP contribution in [0.3, 0.4) is 0 Å². The van der Waals surface area contributed by atoms with E-state index in [9.17, 15) is 9.59 Å². The average molecular weight is 630 g/mol. The van der Waals surface area contributed by atoms with Gasteiger partial charge in [0.2, 0.25) is 0 Å². The molecule has 0 radical (unpaired) electrons. The molecule has 0 N–H and O–H groups in total. The van der Waals surface area contributed by atoms with Gasteiger partial charge in [-0.15, -0.1) is 22.7 Å². The minimum Gasteiger partial charge on any atom is -0.335 e. The Labute approximate surface area is 259 Å². The minimum absolute atomic E-state index is 0.0733. The molecule has 1 saturated heterocycles. The molecule has 2 amide bonds. The first-order valence-electron chi connectivity index (χ1n) is 13.3. The molecule has 0 atom stereocenters. The van der Waals surface area contributed by atoms with Crippen LogP contribution >= 0.6 is 45.9 Å². The van der Waals surface area contributed by atoms with Gasteiger partial charge < -0.3 is 9.80 Å². The lowest BCUT2D eigenvalue weighted by Gasteiger charge is -2.35. The largest absolute Gasteiger partial charge is 0.335 e. The van der Waals surface area contributed by atoms with Gasteiger partial charge in [-0.3, -0.25) is 9.59 Å². The first kappa shape index (κ1) is 27.0. The van der Waals surface area contributed by atoms with Crippen LogP contribution in [0.4, 0.5) is 0 Å². The van der Waals surface area contributed by atoms with Gasteiger partial charge in [0.25, 0.3) is 11.8 Å². The highest BCUT2D eigenvalue weighted by Crippen LogP contribution is 2.34. The molecule has 1 fully saturated rings. The first-order valence-corrected chi connectivity index (χ1v) is 15.7. The number of thiophene rings is 2. The molecule has 0 spiro atoms. The van der Waals surface area contributed by atoms with Crippen molar-refractivity contribution in [2.45, 2.75) is 0 Å². The highest BCUT2D eigenvalue weighted by atomic mass is 35.5. The van der Waals surface area contributed by atoms with Gasteiger partial charge >= 0.3 is 0 Å². The van der Waals surface area contributed by atoms with Crippen LogP contribution in [0.25, 0.3) is 42.9 Å². The molecule has 10 heteroatoms. The van der Waals surface area contributed by atoms with Crippen LogP contribution in [-0.4, -0.2) is 57.8 Å². The van der Waals surface area contributed by atoms with Crippen LogP contribution in [0.5, 0.6) is 0 Å². The number of amides is 2. The molecule has 1 aliphatic heterocycles. The molecule has 7 rings (SSSR count). The number of nitrogens with zero attached hydrogens (tertiary/aromatic N) is 4. The fraction of sp³-hybridized carbons (Fsp3) is 0.125. The highest BCUT2D eigenvalue weighted by Gasteiger charge is 2.28. The van der Waals surface area contributed by atoms with Gasteiger partial charge in [0.15, 0.2) is 0 Å². The Morgan fingerprint density at radius 2 is 1.00 bits per heavy atom. The monoisotopic (exact) mass is 628 g/mol. The Bertz CT molecular complexity index is 1850. The van der Waals surface area contributed by atoms with E-state index < -0.39 is 0 Å². The van der Waals surface area contributed by atoms with Gasteiger partial charge in [0, 0.05) is 37.0 Å². The van der Waals surface area contributed by atoms with Crippen molar-refractivity contribution in [3.63, 3.8) is 0 Å². The number of piperazine rings is 1. The Kier molecular flexibility index (Phi) is 7.15. The molecule has 5 heterocycles.